The molecule has 0 amide bonds. The van der Waals surface area contributed by atoms with Gasteiger partial charge in [-0.3, -0.25) is 0 Å². The van der Waals surface area contributed by atoms with Crippen molar-refractivity contribution in [3.05, 3.63) is 170 Å². The van der Waals surface area contributed by atoms with Crippen molar-refractivity contribution in [2.24, 2.45) is 0 Å². The van der Waals surface area contributed by atoms with Crippen molar-refractivity contribution in [2.75, 3.05) is 0 Å². The molecule has 0 fully saturated rings. The minimum atomic E-state index is 1.24. The maximum absolute atomic E-state index is 2.45. The Morgan fingerprint density at radius 1 is 0.298 bits per heavy atom. The number of hydrogen-bond acceptors (Lipinski definition) is 1. The standard InChI is InChI=1S/C46H28S/c1-3-12-29(13-4-1)33-20-11-22-35-34(33)25-26-39-43(30-14-5-2-6-15-30)36-18-7-8-19-37(36)45(46(35)39)32-24-27-41-40(28-32)38-21-9-16-31-17-10-23-42(47-41)44(31)38/h1-28H. The van der Waals surface area contributed by atoms with E-state index in [1.54, 1.807) is 0 Å². The zero-order chi connectivity index (χ0) is 30.9. The van der Waals surface area contributed by atoms with Crippen LogP contribution in [0, 0.1) is 0 Å². The molecule has 0 spiro atoms. The highest BCUT2D eigenvalue weighted by atomic mass is 32.2. The fourth-order valence-electron chi connectivity index (χ4n) is 7.84. The lowest BCUT2D eigenvalue weighted by molar-refractivity contribution is 1.40. The lowest BCUT2D eigenvalue weighted by atomic mass is 9.82. The van der Waals surface area contributed by atoms with E-state index >= 15 is 0 Å². The summed E-state index contributed by atoms with van der Waals surface area (Å²) in [6.45, 7) is 0. The van der Waals surface area contributed by atoms with Gasteiger partial charge in [-0.1, -0.05) is 163 Å². The summed E-state index contributed by atoms with van der Waals surface area (Å²) in [5.41, 5.74) is 10.2. The van der Waals surface area contributed by atoms with Crippen LogP contribution >= 0.6 is 11.8 Å². The first-order valence-corrected chi connectivity index (χ1v) is 17.0. The van der Waals surface area contributed by atoms with Gasteiger partial charge in [-0.05, 0) is 100 Å². The van der Waals surface area contributed by atoms with Crippen LogP contribution in [0.1, 0.15) is 0 Å². The van der Waals surface area contributed by atoms with Gasteiger partial charge in [-0.2, -0.15) is 0 Å². The zero-order valence-electron chi connectivity index (χ0n) is 25.6. The van der Waals surface area contributed by atoms with Crippen LogP contribution in [-0.2, 0) is 0 Å². The van der Waals surface area contributed by atoms with Crippen molar-refractivity contribution in [1.82, 2.24) is 0 Å². The number of benzene rings is 9. The smallest absolute Gasteiger partial charge is 0.0207 e. The van der Waals surface area contributed by atoms with Gasteiger partial charge in [0.25, 0.3) is 0 Å². The van der Waals surface area contributed by atoms with Gasteiger partial charge in [0.1, 0.15) is 0 Å². The summed E-state index contributed by atoms with van der Waals surface area (Å²) in [5.74, 6) is 0. The molecule has 1 heterocycles. The van der Waals surface area contributed by atoms with E-state index in [-0.39, 0.29) is 0 Å². The molecule has 0 unspecified atom stereocenters. The fraction of sp³-hybridized carbons (Fsp3) is 0. The summed E-state index contributed by atoms with van der Waals surface area (Å²) in [7, 11) is 0. The fourth-order valence-corrected chi connectivity index (χ4v) is 8.97. The van der Waals surface area contributed by atoms with Crippen molar-refractivity contribution >= 4 is 54.9 Å². The van der Waals surface area contributed by atoms with Gasteiger partial charge >= 0.3 is 0 Å². The summed E-state index contributed by atoms with van der Waals surface area (Å²) >= 11 is 1.89. The van der Waals surface area contributed by atoms with Crippen molar-refractivity contribution < 1.29 is 0 Å². The third-order valence-electron chi connectivity index (χ3n) is 9.84. The summed E-state index contributed by atoms with van der Waals surface area (Å²) in [4.78, 5) is 2.64. The van der Waals surface area contributed by atoms with Crippen LogP contribution in [0.5, 0.6) is 0 Å². The molecular formula is C46H28S. The Kier molecular flexibility index (Phi) is 5.91. The van der Waals surface area contributed by atoms with E-state index in [1.807, 2.05) is 11.8 Å². The zero-order valence-corrected chi connectivity index (χ0v) is 26.4. The molecule has 1 aliphatic heterocycles. The number of fused-ring (bicyclic) bond motifs is 6. The quantitative estimate of drug-likeness (QED) is 0.141. The van der Waals surface area contributed by atoms with Crippen LogP contribution in [0.25, 0.3) is 87.6 Å². The molecule has 0 nitrogen and oxygen atoms in total. The predicted molar refractivity (Wildman–Crippen MR) is 202 cm³/mol. The van der Waals surface area contributed by atoms with E-state index in [0.717, 1.165) is 0 Å². The van der Waals surface area contributed by atoms with Crippen molar-refractivity contribution in [1.29, 1.82) is 0 Å². The monoisotopic (exact) mass is 612 g/mol. The second-order valence-electron chi connectivity index (χ2n) is 12.4. The molecule has 1 aliphatic rings. The average molecular weight is 613 g/mol. The molecule has 0 saturated carbocycles. The van der Waals surface area contributed by atoms with Crippen LogP contribution in [0.3, 0.4) is 0 Å². The molecule has 0 atom stereocenters. The van der Waals surface area contributed by atoms with Gasteiger partial charge in [-0.15, -0.1) is 0 Å². The Morgan fingerprint density at radius 2 is 0.936 bits per heavy atom. The molecule has 0 saturated heterocycles. The van der Waals surface area contributed by atoms with Gasteiger partial charge in [0.15, 0.2) is 0 Å². The maximum atomic E-state index is 2.45. The maximum Gasteiger partial charge on any atom is 0.0207 e. The summed E-state index contributed by atoms with van der Waals surface area (Å²) < 4.78 is 0. The van der Waals surface area contributed by atoms with Crippen molar-refractivity contribution in [3.63, 3.8) is 0 Å². The van der Waals surface area contributed by atoms with E-state index in [9.17, 15) is 0 Å². The van der Waals surface area contributed by atoms with Gasteiger partial charge in [0.2, 0.25) is 0 Å². The molecule has 9 aromatic carbocycles. The third kappa shape index (κ3) is 4.03. The van der Waals surface area contributed by atoms with E-state index < -0.39 is 0 Å². The highest BCUT2D eigenvalue weighted by molar-refractivity contribution is 7.99. The van der Waals surface area contributed by atoms with Crippen LogP contribution in [0.2, 0.25) is 0 Å². The highest BCUT2D eigenvalue weighted by Crippen LogP contribution is 2.51. The molecule has 0 bridgehead atoms. The Labute approximate surface area is 278 Å². The Morgan fingerprint density at radius 3 is 1.74 bits per heavy atom. The van der Waals surface area contributed by atoms with Crippen LogP contribution in [-0.4, -0.2) is 0 Å². The summed E-state index contributed by atoms with van der Waals surface area (Å²) in [6, 6.07) is 62.8. The van der Waals surface area contributed by atoms with Gasteiger partial charge < -0.3 is 0 Å². The largest absolute Gasteiger partial charge is 0.0888 e. The Hall–Kier alpha value is -5.63. The second-order valence-corrected chi connectivity index (χ2v) is 13.5. The molecule has 0 aliphatic carbocycles. The minimum absolute atomic E-state index is 1.24. The lowest BCUT2D eigenvalue weighted by Crippen LogP contribution is -1.95. The van der Waals surface area contributed by atoms with Crippen LogP contribution in [0.4, 0.5) is 0 Å². The van der Waals surface area contributed by atoms with Crippen molar-refractivity contribution in [2.45, 2.75) is 9.79 Å². The number of rotatable bonds is 3. The number of hydrogen-bond donors (Lipinski definition) is 0. The normalized spacial score (nSPS) is 12.2. The first kappa shape index (κ1) is 26.6. The van der Waals surface area contributed by atoms with Crippen molar-refractivity contribution in [3.8, 4) is 44.5 Å². The van der Waals surface area contributed by atoms with Gasteiger partial charge in [-0.25, -0.2) is 0 Å². The molecule has 47 heavy (non-hydrogen) atoms. The molecule has 9 aromatic rings. The average Bonchev–Trinajstić information content (AvgIpc) is 3.14. The Balaban J connectivity index is 1.36. The first-order valence-electron chi connectivity index (χ1n) is 16.2. The van der Waals surface area contributed by atoms with Crippen LogP contribution < -0.4 is 0 Å². The summed E-state index contributed by atoms with van der Waals surface area (Å²) in [5, 5.41) is 10.3. The molecule has 0 radical (unpaired) electrons. The Bertz CT molecular complexity index is 2680. The van der Waals surface area contributed by atoms with E-state index in [0.29, 0.717) is 0 Å². The highest BCUT2D eigenvalue weighted by Gasteiger charge is 2.23. The van der Waals surface area contributed by atoms with E-state index in [1.165, 1.54) is 97.4 Å². The molecule has 0 aromatic heterocycles. The van der Waals surface area contributed by atoms with E-state index in [2.05, 4.69) is 170 Å². The van der Waals surface area contributed by atoms with Gasteiger partial charge in [0.05, 0.1) is 0 Å². The second kappa shape index (κ2) is 10.5. The molecular weight excluding hydrogens is 585 g/mol. The molecule has 0 N–H and O–H groups in total. The molecule has 10 rings (SSSR count). The minimum Gasteiger partial charge on any atom is -0.0888 e. The lowest BCUT2D eigenvalue weighted by Gasteiger charge is -2.23. The molecule has 1 heteroatoms. The first-order chi connectivity index (χ1) is 23.3. The van der Waals surface area contributed by atoms with E-state index in [4.69, 9.17) is 0 Å². The SMILES string of the molecule is c1ccc(-c2cccc3c2ccc2c(-c4ccccc4)c4ccccc4c(-c4ccc5c(c4)-c4cccc6cccc(c46)S5)c23)cc1. The predicted octanol–water partition coefficient (Wildman–Crippen LogP) is 13.4. The van der Waals surface area contributed by atoms with Crippen LogP contribution in [0.15, 0.2) is 180 Å². The summed E-state index contributed by atoms with van der Waals surface area (Å²) in [6.07, 6.45) is 0. The third-order valence-corrected chi connectivity index (χ3v) is 11.0. The van der Waals surface area contributed by atoms with Gasteiger partial charge in [0, 0.05) is 15.2 Å². The molecule has 218 valence electrons. The topological polar surface area (TPSA) is 0 Å².